The molecule has 3 unspecified atom stereocenters. The van der Waals surface area contributed by atoms with Gasteiger partial charge in [-0.1, -0.05) is 6.07 Å². The lowest BCUT2D eigenvalue weighted by Crippen LogP contribution is -2.55. The van der Waals surface area contributed by atoms with Crippen molar-refractivity contribution < 1.29 is 23.9 Å². The quantitative estimate of drug-likeness (QED) is 0.483. The van der Waals surface area contributed by atoms with Crippen LogP contribution in [0.1, 0.15) is 57.4 Å². The fourth-order valence-corrected chi connectivity index (χ4v) is 7.95. The predicted molar refractivity (Wildman–Crippen MR) is 158 cm³/mol. The molecule has 0 saturated carbocycles. The molecule has 5 saturated heterocycles. The van der Waals surface area contributed by atoms with E-state index in [0.29, 0.717) is 47.8 Å². The maximum atomic E-state index is 13.2. The minimum absolute atomic E-state index is 0.0227. The summed E-state index contributed by atoms with van der Waals surface area (Å²) in [7, 11) is 1.69. The molecular weight excluding hydrogens is 552 g/mol. The SMILES string of the molecule is Cn1c(=O)n(C2CCC(=O)NC2=O)c2cccc(OC3CCN(CC4CN(C(=O)OCC5CCC6CCCN65)C4)CC3)c21. The maximum absolute atomic E-state index is 13.2. The monoisotopic (exact) mass is 594 g/mol. The zero-order valence-corrected chi connectivity index (χ0v) is 24.9. The second kappa shape index (κ2) is 11.6. The lowest BCUT2D eigenvalue weighted by atomic mass is 9.98. The second-order valence-corrected chi connectivity index (χ2v) is 13.0. The number of para-hydroxylation sites is 1. The molecule has 0 radical (unpaired) electrons. The first-order valence-corrected chi connectivity index (χ1v) is 16.0. The number of hydrogen-bond acceptors (Lipinski definition) is 8. The van der Waals surface area contributed by atoms with Gasteiger partial charge in [-0.15, -0.1) is 0 Å². The summed E-state index contributed by atoms with van der Waals surface area (Å²) in [4.78, 5) is 56.8. The number of benzene rings is 1. The maximum Gasteiger partial charge on any atom is 0.409 e. The van der Waals surface area contributed by atoms with Crippen molar-refractivity contribution >= 4 is 28.9 Å². The van der Waals surface area contributed by atoms with Crippen LogP contribution in [0.15, 0.2) is 23.0 Å². The molecule has 5 fully saturated rings. The van der Waals surface area contributed by atoms with Crippen molar-refractivity contribution in [2.24, 2.45) is 13.0 Å². The number of nitrogens with zero attached hydrogens (tertiary/aromatic N) is 5. The summed E-state index contributed by atoms with van der Waals surface area (Å²) >= 11 is 0. The number of carbonyl (C=O) groups excluding carboxylic acids is 3. The molecule has 6 heterocycles. The Kier molecular flexibility index (Phi) is 7.66. The molecule has 1 aromatic carbocycles. The third-order valence-corrected chi connectivity index (χ3v) is 10.3. The molecule has 1 N–H and O–H groups in total. The number of aromatic nitrogens is 2. The minimum Gasteiger partial charge on any atom is -0.488 e. The van der Waals surface area contributed by atoms with Crippen molar-refractivity contribution in [1.82, 2.24) is 29.2 Å². The van der Waals surface area contributed by atoms with E-state index in [-0.39, 0.29) is 30.2 Å². The standard InChI is InChI=1S/C31H42N6O6/c1-33-28-24(37(30(33)40)25-9-10-27(38)32-29(25)39)5-2-6-26(28)43-23-11-14-34(15-12-23)16-20-17-35(18-20)31(41)42-19-22-8-7-21-4-3-13-36(21)22/h2,5-6,20-23,25H,3-4,7-19H2,1H3,(H,32,38,39). The number of likely N-dealkylation sites (tertiary alicyclic amines) is 2. The van der Waals surface area contributed by atoms with Crippen LogP contribution in [0.5, 0.6) is 5.75 Å². The number of imide groups is 1. The number of carbonyl (C=O) groups is 3. The fraction of sp³-hybridized carbons (Fsp3) is 0.677. The number of amides is 3. The Labute approximate surface area is 250 Å². The van der Waals surface area contributed by atoms with Crippen molar-refractivity contribution in [3.05, 3.63) is 28.7 Å². The minimum atomic E-state index is -0.721. The van der Waals surface area contributed by atoms with E-state index in [1.54, 1.807) is 7.05 Å². The Morgan fingerprint density at radius 1 is 1.00 bits per heavy atom. The molecule has 2 aromatic rings. The number of aryl methyl sites for hydroxylation is 1. The predicted octanol–water partition coefficient (Wildman–Crippen LogP) is 1.86. The molecule has 5 aliphatic rings. The Morgan fingerprint density at radius 3 is 2.60 bits per heavy atom. The number of rotatable bonds is 7. The van der Waals surface area contributed by atoms with Crippen molar-refractivity contribution in [2.75, 3.05) is 45.9 Å². The van der Waals surface area contributed by atoms with E-state index in [0.717, 1.165) is 58.5 Å². The molecule has 3 amide bonds. The molecule has 1 aromatic heterocycles. The van der Waals surface area contributed by atoms with Crippen LogP contribution in [-0.2, 0) is 21.4 Å². The van der Waals surface area contributed by atoms with E-state index in [9.17, 15) is 19.2 Å². The van der Waals surface area contributed by atoms with Gasteiger partial charge in [-0.2, -0.15) is 0 Å². The van der Waals surface area contributed by atoms with Crippen molar-refractivity contribution in [3.8, 4) is 5.75 Å². The van der Waals surface area contributed by atoms with Crippen molar-refractivity contribution in [1.29, 1.82) is 0 Å². The van der Waals surface area contributed by atoms with Gasteiger partial charge in [0.05, 0.1) is 5.52 Å². The molecule has 0 bridgehead atoms. The number of fused-ring (bicyclic) bond motifs is 2. The van der Waals surface area contributed by atoms with Gasteiger partial charge in [0.1, 0.15) is 30.0 Å². The highest BCUT2D eigenvalue weighted by molar-refractivity contribution is 6.00. The molecule has 43 heavy (non-hydrogen) atoms. The smallest absolute Gasteiger partial charge is 0.409 e. The van der Waals surface area contributed by atoms with Crippen LogP contribution in [0, 0.1) is 5.92 Å². The van der Waals surface area contributed by atoms with Crippen LogP contribution >= 0.6 is 0 Å². The van der Waals surface area contributed by atoms with Gasteiger partial charge in [-0.25, -0.2) is 9.59 Å². The van der Waals surface area contributed by atoms with Gasteiger partial charge in [-0.05, 0) is 63.6 Å². The van der Waals surface area contributed by atoms with E-state index in [2.05, 4.69) is 15.1 Å². The van der Waals surface area contributed by atoms with Crippen LogP contribution in [-0.4, -0.2) is 106 Å². The molecule has 232 valence electrons. The number of ether oxygens (including phenoxy) is 2. The van der Waals surface area contributed by atoms with Crippen LogP contribution in [0.2, 0.25) is 0 Å². The zero-order valence-electron chi connectivity index (χ0n) is 24.9. The second-order valence-electron chi connectivity index (χ2n) is 13.0. The summed E-state index contributed by atoms with van der Waals surface area (Å²) in [6.45, 7) is 5.97. The Morgan fingerprint density at radius 2 is 1.81 bits per heavy atom. The topological polar surface area (TPSA) is 118 Å². The average molecular weight is 595 g/mol. The zero-order chi connectivity index (χ0) is 29.7. The Balaban J connectivity index is 0.889. The van der Waals surface area contributed by atoms with Gasteiger partial charge in [-0.3, -0.25) is 28.9 Å². The van der Waals surface area contributed by atoms with E-state index in [4.69, 9.17) is 9.47 Å². The van der Waals surface area contributed by atoms with Crippen molar-refractivity contribution in [2.45, 2.75) is 75.6 Å². The summed E-state index contributed by atoms with van der Waals surface area (Å²) in [6, 6.07) is 5.94. The van der Waals surface area contributed by atoms with E-state index in [1.165, 1.54) is 28.4 Å². The first kappa shape index (κ1) is 28.4. The Bertz CT molecular complexity index is 1450. The third kappa shape index (κ3) is 5.43. The first-order valence-electron chi connectivity index (χ1n) is 16.0. The number of nitrogens with one attached hydrogen (secondary N) is 1. The first-order chi connectivity index (χ1) is 20.9. The van der Waals surface area contributed by atoms with Gasteiger partial charge in [0.2, 0.25) is 11.8 Å². The lowest BCUT2D eigenvalue weighted by Gasteiger charge is -2.42. The van der Waals surface area contributed by atoms with Gasteiger partial charge >= 0.3 is 11.8 Å². The largest absolute Gasteiger partial charge is 0.488 e. The summed E-state index contributed by atoms with van der Waals surface area (Å²) in [5, 5.41) is 2.36. The molecule has 5 aliphatic heterocycles. The number of hydrogen-bond donors (Lipinski definition) is 1. The summed E-state index contributed by atoms with van der Waals surface area (Å²) in [5.41, 5.74) is 0.996. The molecule has 12 heteroatoms. The summed E-state index contributed by atoms with van der Waals surface area (Å²) < 4.78 is 15.2. The van der Waals surface area contributed by atoms with Gasteiger partial charge in [0.15, 0.2) is 0 Å². The number of piperidine rings is 2. The van der Waals surface area contributed by atoms with Crippen LogP contribution in [0.25, 0.3) is 11.0 Å². The molecular formula is C31H42N6O6. The highest BCUT2D eigenvalue weighted by Gasteiger charge is 2.39. The van der Waals surface area contributed by atoms with Crippen LogP contribution < -0.4 is 15.7 Å². The fourth-order valence-electron chi connectivity index (χ4n) is 7.95. The van der Waals surface area contributed by atoms with E-state index >= 15 is 0 Å². The third-order valence-electron chi connectivity index (χ3n) is 10.3. The Hall–Kier alpha value is -3.38. The average Bonchev–Trinajstić information content (AvgIpc) is 3.66. The van der Waals surface area contributed by atoms with E-state index < -0.39 is 11.9 Å². The molecule has 12 nitrogen and oxygen atoms in total. The van der Waals surface area contributed by atoms with Gasteiger partial charge in [0, 0.05) is 64.2 Å². The van der Waals surface area contributed by atoms with Gasteiger partial charge in [0.25, 0.3) is 0 Å². The lowest BCUT2D eigenvalue weighted by molar-refractivity contribution is -0.135. The molecule has 7 rings (SSSR count). The highest BCUT2D eigenvalue weighted by atomic mass is 16.6. The van der Waals surface area contributed by atoms with Gasteiger partial charge < -0.3 is 19.3 Å². The molecule has 0 spiro atoms. The van der Waals surface area contributed by atoms with Crippen molar-refractivity contribution in [3.63, 3.8) is 0 Å². The van der Waals surface area contributed by atoms with Crippen LogP contribution in [0.4, 0.5) is 4.79 Å². The normalized spacial score (nSPS) is 27.4. The summed E-state index contributed by atoms with van der Waals surface area (Å²) in [5.74, 6) is 0.347. The van der Waals surface area contributed by atoms with Crippen LogP contribution in [0.3, 0.4) is 0 Å². The van der Waals surface area contributed by atoms with E-state index in [1.807, 2.05) is 23.1 Å². The highest BCUT2D eigenvalue weighted by Crippen LogP contribution is 2.33. The molecule has 0 aliphatic carbocycles. The summed E-state index contributed by atoms with van der Waals surface area (Å²) in [6.07, 6.45) is 7.04. The number of imidazole rings is 1. The molecule has 3 atom stereocenters.